The number of aryl methyl sites for hydroxylation is 1. The van der Waals surface area contributed by atoms with Crippen LogP contribution in [-0.2, 0) is 17.9 Å². The lowest BCUT2D eigenvalue weighted by molar-refractivity contribution is -0.131. The Hall–Kier alpha value is -1.66. The number of amides is 1. The Labute approximate surface area is 147 Å². The molecule has 1 aliphatic rings. The van der Waals surface area contributed by atoms with Crippen molar-refractivity contribution in [1.82, 2.24) is 19.6 Å². The van der Waals surface area contributed by atoms with Crippen molar-refractivity contribution in [2.45, 2.75) is 38.8 Å². The summed E-state index contributed by atoms with van der Waals surface area (Å²) >= 11 is 1.68. The Balaban J connectivity index is 1.45. The van der Waals surface area contributed by atoms with Gasteiger partial charge in [0, 0.05) is 26.3 Å². The first kappa shape index (κ1) is 17.2. The van der Waals surface area contributed by atoms with E-state index in [2.05, 4.69) is 39.9 Å². The molecule has 130 valence electrons. The van der Waals surface area contributed by atoms with Crippen LogP contribution in [0.4, 0.5) is 0 Å². The fourth-order valence-electron chi connectivity index (χ4n) is 3.24. The van der Waals surface area contributed by atoms with Crippen molar-refractivity contribution in [2.24, 2.45) is 0 Å². The number of hydrogen-bond donors (Lipinski definition) is 0. The van der Waals surface area contributed by atoms with E-state index >= 15 is 0 Å². The van der Waals surface area contributed by atoms with Gasteiger partial charge in [-0.2, -0.15) is 16.4 Å². The first-order valence-electron chi connectivity index (χ1n) is 8.65. The summed E-state index contributed by atoms with van der Waals surface area (Å²) in [6.45, 7) is 6.23. The summed E-state index contributed by atoms with van der Waals surface area (Å²) in [7, 11) is 1.89. The molecule has 0 aromatic carbocycles. The quantitative estimate of drug-likeness (QED) is 0.808. The zero-order valence-electron chi connectivity index (χ0n) is 14.5. The Morgan fingerprint density at radius 1 is 1.42 bits per heavy atom. The normalized spacial score (nSPS) is 16.4. The van der Waals surface area contributed by atoms with Crippen LogP contribution in [0.15, 0.2) is 29.2 Å². The second-order valence-electron chi connectivity index (χ2n) is 6.56. The second kappa shape index (κ2) is 7.94. The highest BCUT2D eigenvalue weighted by Gasteiger charge is 2.23. The molecule has 24 heavy (non-hydrogen) atoms. The van der Waals surface area contributed by atoms with Gasteiger partial charge in [-0.3, -0.25) is 14.4 Å². The maximum atomic E-state index is 12.4. The second-order valence-corrected chi connectivity index (χ2v) is 7.34. The van der Waals surface area contributed by atoms with Gasteiger partial charge in [0.25, 0.3) is 0 Å². The van der Waals surface area contributed by atoms with Crippen LogP contribution in [0.2, 0.25) is 0 Å². The molecule has 0 radical (unpaired) electrons. The number of aromatic nitrogens is 2. The predicted molar refractivity (Wildman–Crippen MR) is 97.1 cm³/mol. The minimum Gasteiger partial charge on any atom is -0.340 e. The van der Waals surface area contributed by atoms with E-state index in [-0.39, 0.29) is 5.91 Å². The van der Waals surface area contributed by atoms with Crippen molar-refractivity contribution in [3.05, 3.63) is 40.3 Å². The zero-order chi connectivity index (χ0) is 16.9. The number of piperidine rings is 1. The van der Waals surface area contributed by atoms with Crippen molar-refractivity contribution in [2.75, 3.05) is 26.7 Å². The molecule has 1 amide bonds. The fraction of sp³-hybridized carbons (Fsp3) is 0.556. The van der Waals surface area contributed by atoms with Gasteiger partial charge in [0.05, 0.1) is 12.7 Å². The fourth-order valence-corrected chi connectivity index (χ4v) is 3.90. The molecule has 0 N–H and O–H groups in total. The average Bonchev–Trinajstić information content (AvgIpc) is 3.27. The Bertz CT molecular complexity index is 644. The molecule has 1 saturated heterocycles. The first-order chi connectivity index (χ1) is 11.7. The average molecular weight is 347 g/mol. The SMILES string of the molecule is CCn1cc(C2CCN(CC(=O)N(C)Cc3ccsc3)CC2)cn1. The predicted octanol–water partition coefficient (Wildman–Crippen LogP) is 2.80. The van der Waals surface area contributed by atoms with E-state index in [1.54, 1.807) is 11.3 Å². The number of hydrogen-bond acceptors (Lipinski definition) is 4. The lowest BCUT2D eigenvalue weighted by Crippen LogP contribution is -2.41. The number of likely N-dealkylation sites (tertiary alicyclic amines) is 1. The summed E-state index contributed by atoms with van der Waals surface area (Å²) in [5.41, 5.74) is 2.56. The number of rotatable bonds is 6. The van der Waals surface area contributed by atoms with Crippen LogP contribution in [0.5, 0.6) is 0 Å². The van der Waals surface area contributed by atoms with Crippen LogP contribution >= 0.6 is 11.3 Å². The summed E-state index contributed by atoms with van der Waals surface area (Å²) in [6, 6.07) is 2.08. The summed E-state index contributed by atoms with van der Waals surface area (Å²) in [5.74, 6) is 0.790. The van der Waals surface area contributed by atoms with Gasteiger partial charge in [-0.15, -0.1) is 0 Å². The van der Waals surface area contributed by atoms with E-state index < -0.39 is 0 Å². The molecule has 0 aliphatic carbocycles. The summed E-state index contributed by atoms with van der Waals surface area (Å²) in [4.78, 5) is 16.5. The molecular formula is C18H26N4OS. The summed E-state index contributed by atoms with van der Waals surface area (Å²) < 4.78 is 1.99. The molecule has 0 saturated carbocycles. The molecule has 1 aliphatic heterocycles. The van der Waals surface area contributed by atoms with Crippen LogP contribution < -0.4 is 0 Å². The molecule has 2 aromatic rings. The standard InChI is InChI=1S/C18H26N4OS/c1-3-22-12-17(10-19-22)16-4-7-21(8-5-16)13-18(23)20(2)11-15-6-9-24-14-15/h6,9-10,12,14,16H,3-5,7-8,11,13H2,1-2H3. The van der Waals surface area contributed by atoms with Gasteiger partial charge in [0.15, 0.2) is 0 Å². The van der Waals surface area contributed by atoms with E-state index in [0.717, 1.165) is 32.5 Å². The smallest absolute Gasteiger partial charge is 0.236 e. The van der Waals surface area contributed by atoms with E-state index in [9.17, 15) is 4.79 Å². The molecule has 0 spiro atoms. The van der Waals surface area contributed by atoms with Crippen LogP contribution in [0.25, 0.3) is 0 Å². The van der Waals surface area contributed by atoms with Gasteiger partial charge in [-0.1, -0.05) is 0 Å². The van der Waals surface area contributed by atoms with Gasteiger partial charge in [0.2, 0.25) is 5.91 Å². The molecular weight excluding hydrogens is 320 g/mol. The van der Waals surface area contributed by atoms with E-state index in [0.29, 0.717) is 19.0 Å². The topological polar surface area (TPSA) is 41.4 Å². The third kappa shape index (κ3) is 4.24. The van der Waals surface area contributed by atoms with E-state index in [1.165, 1.54) is 11.1 Å². The molecule has 3 rings (SSSR count). The number of likely N-dealkylation sites (N-methyl/N-ethyl adjacent to an activating group) is 1. The summed E-state index contributed by atoms with van der Waals surface area (Å²) in [5, 5.41) is 8.54. The maximum absolute atomic E-state index is 12.4. The highest BCUT2D eigenvalue weighted by molar-refractivity contribution is 7.07. The minimum absolute atomic E-state index is 0.207. The lowest BCUT2D eigenvalue weighted by atomic mass is 9.91. The molecule has 0 atom stereocenters. The number of carbonyl (C=O) groups is 1. The van der Waals surface area contributed by atoms with Gasteiger partial charge in [-0.25, -0.2) is 0 Å². The number of nitrogens with zero attached hydrogens (tertiary/aromatic N) is 4. The molecule has 6 heteroatoms. The Morgan fingerprint density at radius 2 is 2.21 bits per heavy atom. The van der Waals surface area contributed by atoms with Crippen LogP contribution in [0, 0.1) is 0 Å². The van der Waals surface area contributed by atoms with Gasteiger partial charge < -0.3 is 4.90 Å². The largest absolute Gasteiger partial charge is 0.340 e. The summed E-state index contributed by atoms with van der Waals surface area (Å²) in [6.07, 6.45) is 6.39. The Kier molecular flexibility index (Phi) is 5.68. The van der Waals surface area contributed by atoms with Gasteiger partial charge >= 0.3 is 0 Å². The van der Waals surface area contributed by atoms with Gasteiger partial charge in [0.1, 0.15) is 0 Å². The molecule has 2 aromatic heterocycles. The zero-order valence-corrected chi connectivity index (χ0v) is 15.3. The van der Waals surface area contributed by atoms with E-state index in [1.807, 2.05) is 22.8 Å². The molecule has 0 bridgehead atoms. The monoisotopic (exact) mass is 346 g/mol. The van der Waals surface area contributed by atoms with Crippen molar-refractivity contribution in [3.8, 4) is 0 Å². The number of thiophene rings is 1. The van der Waals surface area contributed by atoms with Crippen molar-refractivity contribution in [1.29, 1.82) is 0 Å². The van der Waals surface area contributed by atoms with Gasteiger partial charge in [-0.05, 0) is 66.7 Å². The first-order valence-corrected chi connectivity index (χ1v) is 9.59. The van der Waals surface area contributed by atoms with Crippen LogP contribution in [0.1, 0.15) is 36.8 Å². The highest BCUT2D eigenvalue weighted by atomic mass is 32.1. The third-order valence-electron chi connectivity index (χ3n) is 4.82. The molecule has 1 fully saturated rings. The van der Waals surface area contributed by atoms with Crippen molar-refractivity contribution in [3.63, 3.8) is 0 Å². The number of carbonyl (C=O) groups excluding carboxylic acids is 1. The molecule has 5 nitrogen and oxygen atoms in total. The van der Waals surface area contributed by atoms with Crippen LogP contribution in [-0.4, -0.2) is 52.2 Å². The van der Waals surface area contributed by atoms with Crippen molar-refractivity contribution < 1.29 is 4.79 Å². The maximum Gasteiger partial charge on any atom is 0.236 e. The highest BCUT2D eigenvalue weighted by Crippen LogP contribution is 2.27. The third-order valence-corrected chi connectivity index (χ3v) is 5.55. The minimum atomic E-state index is 0.207. The molecule has 0 unspecified atom stereocenters. The van der Waals surface area contributed by atoms with E-state index in [4.69, 9.17) is 0 Å². The Morgan fingerprint density at radius 3 is 2.83 bits per heavy atom. The lowest BCUT2D eigenvalue weighted by Gasteiger charge is -2.32. The van der Waals surface area contributed by atoms with Crippen molar-refractivity contribution >= 4 is 17.2 Å². The van der Waals surface area contributed by atoms with Crippen LogP contribution in [0.3, 0.4) is 0 Å². The molecule has 3 heterocycles.